The van der Waals surface area contributed by atoms with Crippen LogP contribution in [-0.4, -0.2) is 21.0 Å². The monoisotopic (exact) mass is 375 g/mol. The number of halogens is 1. The largest absolute Gasteiger partial charge is 0.261 e. The Bertz CT molecular complexity index is 1100. The van der Waals surface area contributed by atoms with Gasteiger partial charge in [0, 0.05) is 5.39 Å². The first-order valence-electron chi connectivity index (χ1n) is 8.62. The molecule has 0 radical (unpaired) electrons. The highest BCUT2D eigenvalue weighted by Gasteiger charge is 2.12. The number of hydrogen-bond donors (Lipinski definition) is 1. The van der Waals surface area contributed by atoms with Crippen molar-refractivity contribution in [3.05, 3.63) is 88.7 Å². The number of fused-ring (bicyclic) bond motifs is 1. The third-order valence-corrected chi connectivity index (χ3v) is 4.65. The van der Waals surface area contributed by atoms with E-state index in [2.05, 4.69) is 20.6 Å². The molecule has 2 aromatic heterocycles. The zero-order valence-electron chi connectivity index (χ0n) is 14.8. The summed E-state index contributed by atoms with van der Waals surface area (Å²) in [5.74, 6) is 0.676. The third-order valence-electron chi connectivity index (χ3n) is 4.26. The molecule has 134 valence electrons. The maximum atomic E-state index is 6.51. The van der Waals surface area contributed by atoms with Crippen LogP contribution >= 0.6 is 11.6 Å². The summed E-state index contributed by atoms with van der Waals surface area (Å²) >= 11 is 6.51. The molecule has 0 saturated carbocycles. The molecule has 0 atom stereocenters. The maximum Gasteiger partial charge on any atom is 0.146 e. The molecule has 0 bridgehead atoms. The van der Waals surface area contributed by atoms with Crippen LogP contribution in [0.3, 0.4) is 0 Å². The summed E-state index contributed by atoms with van der Waals surface area (Å²) in [7, 11) is 0. The number of anilines is 1. The lowest BCUT2D eigenvalue weighted by Crippen LogP contribution is -2.02. The maximum absolute atomic E-state index is 6.51. The molecular weight excluding hydrogens is 358 g/mol. The second kappa shape index (κ2) is 7.60. The van der Waals surface area contributed by atoms with Gasteiger partial charge < -0.3 is 0 Å². The minimum atomic E-state index is 0.563. The number of para-hydroxylation sites is 1. The molecule has 0 amide bonds. The fourth-order valence-corrected chi connectivity index (χ4v) is 3.15. The van der Waals surface area contributed by atoms with Crippen LogP contribution in [0.25, 0.3) is 10.9 Å². The summed E-state index contributed by atoms with van der Waals surface area (Å²) in [6, 6.07) is 22.0. The highest BCUT2D eigenvalue weighted by Crippen LogP contribution is 2.19. The van der Waals surface area contributed by atoms with Gasteiger partial charge in [-0.05, 0) is 30.7 Å². The predicted molar refractivity (Wildman–Crippen MR) is 110 cm³/mol. The lowest BCUT2D eigenvalue weighted by molar-refractivity contribution is 0.680. The summed E-state index contributed by atoms with van der Waals surface area (Å²) in [6.07, 6.45) is 1.68. The molecule has 1 N–H and O–H groups in total. The molecule has 2 aromatic carbocycles. The molecule has 0 aliphatic rings. The molecule has 4 rings (SSSR count). The first-order valence-corrected chi connectivity index (χ1v) is 9.00. The van der Waals surface area contributed by atoms with Crippen molar-refractivity contribution in [3.63, 3.8) is 0 Å². The highest BCUT2D eigenvalue weighted by atomic mass is 35.5. The average molecular weight is 376 g/mol. The van der Waals surface area contributed by atoms with Crippen LogP contribution in [-0.2, 0) is 6.54 Å². The molecule has 0 aliphatic heterocycles. The van der Waals surface area contributed by atoms with E-state index < -0.39 is 0 Å². The zero-order valence-corrected chi connectivity index (χ0v) is 15.6. The Morgan fingerprint density at radius 2 is 1.81 bits per heavy atom. The van der Waals surface area contributed by atoms with Crippen LogP contribution in [0.5, 0.6) is 0 Å². The topological polar surface area (TPSA) is 55.1 Å². The smallest absolute Gasteiger partial charge is 0.146 e. The van der Waals surface area contributed by atoms with Gasteiger partial charge in [0.05, 0.1) is 29.5 Å². The van der Waals surface area contributed by atoms with Crippen LogP contribution in [0.15, 0.2) is 71.8 Å². The van der Waals surface area contributed by atoms with E-state index in [0.717, 1.165) is 27.7 Å². The van der Waals surface area contributed by atoms with E-state index in [9.17, 15) is 0 Å². The van der Waals surface area contributed by atoms with Gasteiger partial charge in [-0.1, -0.05) is 60.1 Å². The number of hydrazone groups is 1. The molecule has 5 nitrogen and oxygen atoms in total. The van der Waals surface area contributed by atoms with E-state index >= 15 is 0 Å². The number of aryl methyl sites for hydroxylation is 1. The van der Waals surface area contributed by atoms with Gasteiger partial charge >= 0.3 is 0 Å². The average Bonchev–Trinajstić information content (AvgIpc) is 2.96. The Kier molecular flexibility index (Phi) is 4.85. The Balaban J connectivity index is 1.51. The molecule has 6 heteroatoms. The fraction of sp³-hybridized carbons (Fsp3) is 0.0952. The van der Waals surface area contributed by atoms with Gasteiger partial charge in [-0.3, -0.25) is 5.43 Å². The number of nitrogens with zero attached hydrogens (tertiary/aromatic N) is 4. The van der Waals surface area contributed by atoms with E-state index in [1.165, 1.54) is 0 Å². The van der Waals surface area contributed by atoms with Gasteiger partial charge in [0.1, 0.15) is 11.0 Å². The van der Waals surface area contributed by atoms with Gasteiger partial charge in [0.2, 0.25) is 0 Å². The Labute approximate surface area is 162 Å². The first kappa shape index (κ1) is 17.2. The normalized spacial score (nSPS) is 11.3. The predicted octanol–water partition coefficient (Wildman–Crippen LogP) is 4.89. The number of rotatable bonds is 5. The molecule has 0 spiro atoms. The first-order chi connectivity index (χ1) is 13.2. The lowest BCUT2D eigenvalue weighted by atomic mass is 10.2. The minimum Gasteiger partial charge on any atom is -0.261 e. The SMILES string of the molecule is Cc1nn(Cc2ccccc2)c(Cl)c1/C=N/Nc1ccc2ccccc2n1. The Hall–Kier alpha value is -3.18. The van der Waals surface area contributed by atoms with Crippen molar-refractivity contribution in [1.82, 2.24) is 14.8 Å². The molecule has 0 aliphatic carbocycles. The van der Waals surface area contributed by atoms with Crippen LogP contribution in [0.1, 0.15) is 16.8 Å². The fourth-order valence-electron chi connectivity index (χ4n) is 2.87. The van der Waals surface area contributed by atoms with Crippen molar-refractivity contribution >= 4 is 34.5 Å². The molecule has 0 unspecified atom stereocenters. The Morgan fingerprint density at radius 3 is 2.67 bits per heavy atom. The minimum absolute atomic E-state index is 0.563. The number of nitrogens with one attached hydrogen (secondary N) is 1. The number of hydrogen-bond acceptors (Lipinski definition) is 4. The van der Waals surface area contributed by atoms with Gasteiger partial charge in [0.15, 0.2) is 0 Å². The Morgan fingerprint density at radius 1 is 1.04 bits per heavy atom. The molecule has 27 heavy (non-hydrogen) atoms. The van der Waals surface area contributed by atoms with Crippen LogP contribution in [0.4, 0.5) is 5.82 Å². The van der Waals surface area contributed by atoms with Crippen LogP contribution in [0, 0.1) is 6.92 Å². The van der Waals surface area contributed by atoms with Gasteiger partial charge in [-0.25, -0.2) is 9.67 Å². The van der Waals surface area contributed by atoms with Gasteiger partial charge in [0.25, 0.3) is 0 Å². The summed E-state index contributed by atoms with van der Waals surface area (Å²) in [5.41, 5.74) is 6.64. The second-order valence-electron chi connectivity index (χ2n) is 6.19. The van der Waals surface area contributed by atoms with Crippen molar-refractivity contribution in [2.75, 3.05) is 5.43 Å². The standard InChI is InChI=1S/C21H18ClN5/c1-15-18(21(22)27(26-15)14-16-7-3-2-4-8-16)13-23-25-20-12-11-17-9-5-6-10-19(17)24-20/h2-13H,14H2,1H3,(H,24,25)/b23-13+. The highest BCUT2D eigenvalue weighted by molar-refractivity contribution is 6.32. The van der Waals surface area contributed by atoms with E-state index in [4.69, 9.17) is 11.6 Å². The van der Waals surface area contributed by atoms with E-state index in [1.54, 1.807) is 10.9 Å². The van der Waals surface area contributed by atoms with Gasteiger partial charge in [-0.2, -0.15) is 10.2 Å². The number of pyridine rings is 1. The summed E-state index contributed by atoms with van der Waals surface area (Å²) < 4.78 is 1.78. The van der Waals surface area contributed by atoms with Crippen molar-refractivity contribution in [1.29, 1.82) is 0 Å². The molecule has 0 saturated heterocycles. The van der Waals surface area contributed by atoms with E-state index in [-0.39, 0.29) is 0 Å². The van der Waals surface area contributed by atoms with Crippen molar-refractivity contribution < 1.29 is 0 Å². The third kappa shape index (κ3) is 3.83. The summed E-state index contributed by atoms with van der Waals surface area (Å²) in [6.45, 7) is 2.54. The zero-order chi connectivity index (χ0) is 18.6. The van der Waals surface area contributed by atoms with E-state index in [0.29, 0.717) is 17.5 Å². The summed E-state index contributed by atoms with van der Waals surface area (Å²) in [5, 5.41) is 10.5. The molecule has 0 fully saturated rings. The molecular formula is C21H18ClN5. The van der Waals surface area contributed by atoms with Crippen molar-refractivity contribution in [2.45, 2.75) is 13.5 Å². The lowest BCUT2D eigenvalue weighted by Gasteiger charge is -2.03. The number of aromatic nitrogens is 3. The molecule has 4 aromatic rings. The second-order valence-corrected chi connectivity index (χ2v) is 6.55. The van der Waals surface area contributed by atoms with E-state index in [1.807, 2.05) is 73.7 Å². The summed E-state index contributed by atoms with van der Waals surface area (Å²) in [4.78, 5) is 4.53. The van der Waals surface area contributed by atoms with Crippen LogP contribution < -0.4 is 5.43 Å². The van der Waals surface area contributed by atoms with Crippen molar-refractivity contribution in [3.8, 4) is 0 Å². The van der Waals surface area contributed by atoms with Crippen molar-refractivity contribution in [2.24, 2.45) is 5.10 Å². The molecule has 2 heterocycles. The quantitative estimate of drug-likeness (QED) is 0.399. The van der Waals surface area contributed by atoms with Crippen LogP contribution in [0.2, 0.25) is 5.15 Å². The number of benzene rings is 2. The van der Waals surface area contributed by atoms with Gasteiger partial charge in [-0.15, -0.1) is 0 Å².